The van der Waals surface area contributed by atoms with Crippen LogP contribution >= 0.6 is 11.3 Å². The van der Waals surface area contributed by atoms with Crippen LogP contribution in [0, 0.1) is 6.92 Å². The van der Waals surface area contributed by atoms with E-state index >= 15 is 0 Å². The van der Waals surface area contributed by atoms with Gasteiger partial charge >= 0.3 is 5.97 Å². The molecule has 0 bridgehead atoms. The molecule has 1 atom stereocenters. The third-order valence-corrected chi connectivity index (χ3v) is 4.80. The number of aliphatic carboxylic acids is 1. The number of hydrogen-bond donors (Lipinski definition) is 2. The van der Waals surface area contributed by atoms with E-state index in [4.69, 9.17) is 9.84 Å². The second-order valence-electron chi connectivity index (χ2n) is 5.07. The molecule has 0 aliphatic carbocycles. The molecule has 5 nitrogen and oxygen atoms in total. The average Bonchev–Trinajstić information content (AvgIpc) is 2.83. The number of ether oxygens (including phenoxy) is 1. The number of fused-ring (bicyclic) bond motifs is 1. The van der Waals surface area contributed by atoms with Crippen molar-refractivity contribution in [2.45, 2.75) is 32.7 Å². The monoisotopic (exact) mass is 321 g/mol. The number of rotatable bonds is 6. The van der Waals surface area contributed by atoms with Gasteiger partial charge in [-0.25, -0.2) is 4.79 Å². The Labute approximate surface area is 132 Å². The van der Waals surface area contributed by atoms with Crippen molar-refractivity contribution in [2.75, 3.05) is 7.11 Å². The summed E-state index contributed by atoms with van der Waals surface area (Å²) in [7, 11) is 1.60. The van der Waals surface area contributed by atoms with Crippen LogP contribution in [0.1, 0.15) is 35.0 Å². The highest BCUT2D eigenvalue weighted by molar-refractivity contribution is 7.21. The Bertz CT molecular complexity index is 707. The molecule has 0 fully saturated rings. The fourth-order valence-corrected chi connectivity index (χ4v) is 3.41. The second kappa shape index (κ2) is 6.79. The molecule has 2 N–H and O–H groups in total. The molecule has 1 aromatic carbocycles. The smallest absolute Gasteiger partial charge is 0.326 e. The zero-order chi connectivity index (χ0) is 16.3. The fraction of sp³-hybridized carbons (Fsp3) is 0.375. The summed E-state index contributed by atoms with van der Waals surface area (Å²) in [6, 6.07) is 4.79. The van der Waals surface area contributed by atoms with Gasteiger partial charge in [-0.2, -0.15) is 0 Å². The number of thiophene rings is 1. The summed E-state index contributed by atoms with van der Waals surface area (Å²) in [6.07, 6.45) is 1.11. The number of methoxy groups -OCH3 is 1. The lowest BCUT2D eigenvalue weighted by atomic mass is 10.1. The van der Waals surface area contributed by atoms with Crippen LogP contribution in [0.15, 0.2) is 18.2 Å². The Morgan fingerprint density at radius 3 is 2.73 bits per heavy atom. The topological polar surface area (TPSA) is 75.6 Å². The van der Waals surface area contributed by atoms with Gasteiger partial charge in [0.05, 0.1) is 12.0 Å². The fourth-order valence-electron chi connectivity index (χ4n) is 2.31. The van der Waals surface area contributed by atoms with Crippen LogP contribution < -0.4 is 10.1 Å². The summed E-state index contributed by atoms with van der Waals surface area (Å²) in [5.74, 6) is -0.607. The number of amides is 1. The van der Waals surface area contributed by atoms with Gasteiger partial charge in [0.25, 0.3) is 5.91 Å². The molecule has 1 aromatic heterocycles. The summed E-state index contributed by atoms with van der Waals surface area (Å²) >= 11 is 1.36. The van der Waals surface area contributed by atoms with Gasteiger partial charge in [0.1, 0.15) is 11.8 Å². The summed E-state index contributed by atoms with van der Waals surface area (Å²) in [5.41, 5.74) is 0.844. The largest absolute Gasteiger partial charge is 0.497 e. The maximum Gasteiger partial charge on any atom is 0.326 e. The molecule has 0 aliphatic rings. The van der Waals surface area contributed by atoms with Gasteiger partial charge in [-0.05, 0) is 42.5 Å². The Morgan fingerprint density at radius 1 is 1.41 bits per heavy atom. The average molecular weight is 321 g/mol. The Balaban J connectivity index is 2.31. The zero-order valence-corrected chi connectivity index (χ0v) is 13.6. The van der Waals surface area contributed by atoms with Crippen LogP contribution in [-0.4, -0.2) is 30.1 Å². The molecule has 0 aliphatic heterocycles. The van der Waals surface area contributed by atoms with Crippen LogP contribution in [-0.2, 0) is 4.79 Å². The molecule has 1 heterocycles. The third-order valence-electron chi connectivity index (χ3n) is 3.53. The van der Waals surface area contributed by atoms with Gasteiger partial charge < -0.3 is 15.2 Å². The lowest BCUT2D eigenvalue weighted by Gasteiger charge is -2.13. The van der Waals surface area contributed by atoms with Gasteiger partial charge in [0, 0.05) is 4.70 Å². The first-order valence-corrected chi connectivity index (χ1v) is 7.90. The second-order valence-corrected chi connectivity index (χ2v) is 6.12. The minimum absolute atomic E-state index is 0.335. The van der Waals surface area contributed by atoms with Crippen molar-refractivity contribution in [3.05, 3.63) is 28.6 Å². The zero-order valence-electron chi connectivity index (χ0n) is 12.8. The van der Waals surface area contributed by atoms with Crippen LogP contribution in [0.2, 0.25) is 0 Å². The first-order valence-electron chi connectivity index (χ1n) is 7.08. The molecule has 0 spiro atoms. The lowest BCUT2D eigenvalue weighted by Crippen LogP contribution is -2.40. The van der Waals surface area contributed by atoms with E-state index in [0.717, 1.165) is 21.4 Å². The number of carboxylic acid groups (broad SMARTS) is 1. The highest BCUT2D eigenvalue weighted by Gasteiger charge is 2.22. The quantitative estimate of drug-likeness (QED) is 0.856. The summed E-state index contributed by atoms with van der Waals surface area (Å²) in [6.45, 7) is 3.75. The maximum absolute atomic E-state index is 12.4. The van der Waals surface area contributed by atoms with E-state index in [2.05, 4.69) is 5.32 Å². The molecule has 0 saturated heterocycles. The predicted octanol–water partition coefficient (Wildman–Crippen LogP) is 3.20. The van der Waals surface area contributed by atoms with E-state index in [1.54, 1.807) is 7.11 Å². The number of aryl methyl sites for hydroxylation is 1. The molecule has 2 aromatic rings. The molecule has 0 saturated carbocycles. The number of nitrogens with one attached hydrogen (secondary N) is 1. The first kappa shape index (κ1) is 16.3. The first-order chi connectivity index (χ1) is 10.5. The van der Waals surface area contributed by atoms with Crippen LogP contribution in [0.4, 0.5) is 0 Å². The molecule has 6 heteroatoms. The van der Waals surface area contributed by atoms with Crippen molar-refractivity contribution in [1.82, 2.24) is 5.32 Å². The molecule has 1 amide bonds. The molecule has 0 radical (unpaired) electrons. The van der Waals surface area contributed by atoms with Gasteiger partial charge in [0.15, 0.2) is 0 Å². The summed E-state index contributed by atoms with van der Waals surface area (Å²) in [5, 5.41) is 12.7. The Kier molecular flexibility index (Phi) is 5.03. The highest BCUT2D eigenvalue weighted by Crippen LogP contribution is 2.33. The number of benzene rings is 1. The summed E-state index contributed by atoms with van der Waals surface area (Å²) in [4.78, 5) is 24.1. The number of carbonyl (C=O) groups is 2. The normalized spacial score (nSPS) is 12.1. The molecule has 22 heavy (non-hydrogen) atoms. The predicted molar refractivity (Wildman–Crippen MR) is 86.9 cm³/mol. The maximum atomic E-state index is 12.4. The summed E-state index contributed by atoms with van der Waals surface area (Å²) < 4.78 is 6.18. The SMILES string of the molecule is CCCC(NC(=O)c1sc2ccc(OC)cc2c1C)C(=O)O. The Hall–Kier alpha value is -2.08. The molecule has 1 unspecified atom stereocenters. The van der Waals surface area contributed by atoms with Gasteiger partial charge in [-0.1, -0.05) is 13.3 Å². The number of carbonyl (C=O) groups excluding carboxylic acids is 1. The van der Waals surface area contributed by atoms with Gasteiger partial charge in [-0.15, -0.1) is 11.3 Å². The molecular weight excluding hydrogens is 302 g/mol. The minimum Gasteiger partial charge on any atom is -0.497 e. The van der Waals surface area contributed by atoms with Crippen molar-refractivity contribution in [3.8, 4) is 5.75 Å². The van der Waals surface area contributed by atoms with E-state index in [0.29, 0.717) is 17.7 Å². The third kappa shape index (κ3) is 3.22. The molecule has 118 valence electrons. The van der Waals surface area contributed by atoms with Gasteiger partial charge in [0.2, 0.25) is 0 Å². The van der Waals surface area contributed by atoms with Crippen molar-refractivity contribution >= 4 is 33.3 Å². The van der Waals surface area contributed by atoms with Crippen molar-refractivity contribution in [3.63, 3.8) is 0 Å². The van der Waals surface area contributed by atoms with Crippen LogP contribution in [0.3, 0.4) is 0 Å². The van der Waals surface area contributed by atoms with E-state index < -0.39 is 12.0 Å². The highest BCUT2D eigenvalue weighted by atomic mass is 32.1. The molecular formula is C16H19NO4S. The number of carboxylic acids is 1. The van der Waals surface area contributed by atoms with Crippen molar-refractivity contribution in [1.29, 1.82) is 0 Å². The van der Waals surface area contributed by atoms with E-state index in [1.165, 1.54) is 11.3 Å². The van der Waals surface area contributed by atoms with Crippen LogP contribution in [0.5, 0.6) is 5.75 Å². The van der Waals surface area contributed by atoms with E-state index in [9.17, 15) is 9.59 Å². The molecule has 2 rings (SSSR count). The number of hydrogen-bond acceptors (Lipinski definition) is 4. The minimum atomic E-state index is -1.00. The van der Waals surface area contributed by atoms with Crippen molar-refractivity contribution in [2.24, 2.45) is 0 Å². The lowest BCUT2D eigenvalue weighted by molar-refractivity contribution is -0.139. The van der Waals surface area contributed by atoms with E-state index in [1.807, 2.05) is 32.0 Å². The van der Waals surface area contributed by atoms with Crippen LogP contribution in [0.25, 0.3) is 10.1 Å². The standard InChI is InChI=1S/C16H19NO4S/c1-4-5-12(16(19)20)17-15(18)14-9(2)11-8-10(21-3)6-7-13(11)22-14/h6-8,12H,4-5H2,1-3H3,(H,17,18)(H,19,20). The van der Waals surface area contributed by atoms with Gasteiger partial charge in [-0.3, -0.25) is 4.79 Å². The van der Waals surface area contributed by atoms with Crippen molar-refractivity contribution < 1.29 is 19.4 Å². The van der Waals surface area contributed by atoms with E-state index in [-0.39, 0.29) is 5.91 Å². The Morgan fingerprint density at radius 2 is 2.14 bits per heavy atom.